The molecule has 0 saturated carbocycles. The molecule has 1 atom stereocenters. The van der Waals surface area contributed by atoms with Crippen LogP contribution in [-0.2, 0) is 21.2 Å². The molecule has 1 aliphatic heterocycles. The predicted octanol–water partition coefficient (Wildman–Crippen LogP) is 2.97. The zero-order valence-corrected chi connectivity index (χ0v) is 15.4. The van der Waals surface area contributed by atoms with E-state index in [2.05, 4.69) is 0 Å². The van der Waals surface area contributed by atoms with Crippen LogP contribution in [0.25, 0.3) is 0 Å². The molecule has 2 aromatic rings. The molecule has 1 N–H and O–H groups in total. The summed E-state index contributed by atoms with van der Waals surface area (Å²) in [4.78, 5) is 23.7. The number of anilines is 1. The number of aryl methyl sites for hydroxylation is 1. The van der Waals surface area contributed by atoms with E-state index in [1.165, 1.54) is 10.4 Å². The standard InChI is InChI=1S/C20H19NO5S/c22-19-7-3-4-13-12-14(8-9-15(13)19)27(25,26)21-11-10-17(20(23)24)16-5-1-2-6-18(16)21/h1-2,5-6,8-9,12,17H,3-4,7,10-11H2,(H,23,24). The van der Waals surface area contributed by atoms with Gasteiger partial charge in [-0.25, -0.2) is 8.42 Å². The molecule has 4 rings (SSSR count). The Kier molecular flexibility index (Phi) is 4.26. The summed E-state index contributed by atoms with van der Waals surface area (Å²) in [5, 5.41) is 9.45. The van der Waals surface area contributed by atoms with Crippen molar-refractivity contribution in [1.29, 1.82) is 0 Å². The maximum atomic E-state index is 13.3. The predicted molar refractivity (Wildman–Crippen MR) is 99.7 cm³/mol. The van der Waals surface area contributed by atoms with Gasteiger partial charge >= 0.3 is 5.97 Å². The molecule has 1 heterocycles. The van der Waals surface area contributed by atoms with Gasteiger partial charge in [-0.1, -0.05) is 18.2 Å². The van der Waals surface area contributed by atoms with Gasteiger partial charge in [0.2, 0.25) is 0 Å². The summed E-state index contributed by atoms with van der Waals surface area (Å²) < 4.78 is 27.9. The highest BCUT2D eigenvalue weighted by Crippen LogP contribution is 2.38. The Labute approximate surface area is 157 Å². The highest BCUT2D eigenvalue weighted by Gasteiger charge is 2.36. The number of rotatable bonds is 3. The average molecular weight is 385 g/mol. The smallest absolute Gasteiger partial charge is 0.311 e. The third-order valence-electron chi connectivity index (χ3n) is 5.31. The fraction of sp³-hybridized carbons (Fsp3) is 0.300. The van der Waals surface area contributed by atoms with Crippen LogP contribution in [0.4, 0.5) is 5.69 Å². The Hall–Kier alpha value is -2.67. The third kappa shape index (κ3) is 2.92. The van der Waals surface area contributed by atoms with Crippen molar-refractivity contribution in [3.05, 3.63) is 59.2 Å². The Balaban J connectivity index is 1.78. The van der Waals surface area contributed by atoms with Crippen LogP contribution >= 0.6 is 0 Å². The normalized spacial score (nSPS) is 19.3. The maximum Gasteiger partial charge on any atom is 0.311 e. The number of carboxylic acids is 1. The number of para-hydroxylation sites is 1. The first kappa shape index (κ1) is 17.7. The molecule has 1 unspecified atom stereocenters. The minimum absolute atomic E-state index is 0.0489. The van der Waals surface area contributed by atoms with Gasteiger partial charge in [-0.3, -0.25) is 13.9 Å². The minimum Gasteiger partial charge on any atom is -0.481 e. The first-order valence-electron chi connectivity index (χ1n) is 8.90. The highest BCUT2D eigenvalue weighted by atomic mass is 32.2. The van der Waals surface area contributed by atoms with Crippen LogP contribution in [0.3, 0.4) is 0 Å². The lowest BCUT2D eigenvalue weighted by Gasteiger charge is -2.33. The van der Waals surface area contributed by atoms with E-state index < -0.39 is 21.9 Å². The molecule has 0 amide bonds. The van der Waals surface area contributed by atoms with Crippen LogP contribution in [0.2, 0.25) is 0 Å². The summed E-state index contributed by atoms with van der Waals surface area (Å²) in [6.45, 7) is 0.104. The molecule has 7 heteroatoms. The van der Waals surface area contributed by atoms with Crippen molar-refractivity contribution in [2.45, 2.75) is 36.5 Å². The SMILES string of the molecule is O=C1CCCc2cc(S(=O)(=O)N3CCC(C(=O)O)c4ccccc43)ccc21. The molecule has 0 spiro atoms. The summed E-state index contributed by atoms with van der Waals surface area (Å²) in [5.41, 5.74) is 2.28. The van der Waals surface area contributed by atoms with Crippen LogP contribution in [0, 0.1) is 0 Å². The van der Waals surface area contributed by atoms with Crippen molar-refractivity contribution in [3.8, 4) is 0 Å². The second-order valence-electron chi connectivity index (χ2n) is 6.91. The minimum atomic E-state index is -3.85. The number of sulfonamides is 1. The van der Waals surface area contributed by atoms with Gasteiger partial charge in [0, 0.05) is 18.5 Å². The lowest BCUT2D eigenvalue weighted by molar-refractivity contribution is -0.139. The molecule has 0 radical (unpaired) electrons. The van der Waals surface area contributed by atoms with Crippen LogP contribution < -0.4 is 4.31 Å². The Morgan fingerprint density at radius 1 is 1.11 bits per heavy atom. The molecule has 140 valence electrons. The molecule has 27 heavy (non-hydrogen) atoms. The molecule has 1 aliphatic carbocycles. The molecular formula is C20H19NO5S. The van der Waals surface area contributed by atoms with Gasteiger partial charge in [-0.15, -0.1) is 0 Å². The largest absolute Gasteiger partial charge is 0.481 e. The fourth-order valence-electron chi connectivity index (χ4n) is 3.95. The van der Waals surface area contributed by atoms with Crippen LogP contribution in [0.15, 0.2) is 47.4 Å². The van der Waals surface area contributed by atoms with Crippen LogP contribution in [0.1, 0.15) is 46.7 Å². The zero-order chi connectivity index (χ0) is 19.2. The van der Waals surface area contributed by atoms with Gasteiger partial charge in [0.1, 0.15) is 0 Å². The summed E-state index contributed by atoms with van der Waals surface area (Å²) >= 11 is 0. The number of carbonyl (C=O) groups excluding carboxylic acids is 1. The van der Waals surface area contributed by atoms with E-state index in [0.717, 1.165) is 12.0 Å². The van der Waals surface area contributed by atoms with Crippen LogP contribution in [0.5, 0.6) is 0 Å². The molecule has 2 aliphatic rings. The quantitative estimate of drug-likeness (QED) is 0.877. The molecule has 0 aromatic heterocycles. The molecule has 0 saturated heterocycles. The topological polar surface area (TPSA) is 91.8 Å². The van der Waals surface area contributed by atoms with E-state index in [1.807, 2.05) is 0 Å². The van der Waals surface area contributed by atoms with Crippen molar-refractivity contribution in [2.24, 2.45) is 0 Å². The number of hydrogen-bond acceptors (Lipinski definition) is 4. The number of ketones is 1. The van der Waals surface area contributed by atoms with Gasteiger partial charge in [0.25, 0.3) is 10.0 Å². The number of benzene rings is 2. The molecule has 6 nitrogen and oxygen atoms in total. The second kappa shape index (κ2) is 6.49. The lowest BCUT2D eigenvalue weighted by Crippen LogP contribution is -2.38. The molecule has 2 aromatic carbocycles. The van der Waals surface area contributed by atoms with Crippen LogP contribution in [-0.4, -0.2) is 31.8 Å². The Bertz CT molecular complexity index is 1040. The van der Waals surface area contributed by atoms with Gasteiger partial charge in [-0.05, 0) is 54.7 Å². The summed E-state index contributed by atoms with van der Waals surface area (Å²) in [5.74, 6) is -1.62. The van der Waals surface area contributed by atoms with Crippen molar-refractivity contribution in [2.75, 3.05) is 10.8 Å². The number of hydrogen-bond donors (Lipinski definition) is 1. The maximum absolute atomic E-state index is 13.3. The van der Waals surface area contributed by atoms with E-state index >= 15 is 0 Å². The molecule has 0 fully saturated rings. The summed E-state index contributed by atoms with van der Waals surface area (Å²) in [6.07, 6.45) is 2.12. The first-order chi connectivity index (χ1) is 12.9. The van der Waals surface area contributed by atoms with Crippen molar-refractivity contribution < 1.29 is 23.1 Å². The summed E-state index contributed by atoms with van der Waals surface area (Å²) in [7, 11) is -3.85. The fourth-order valence-corrected chi connectivity index (χ4v) is 5.51. The number of nitrogens with zero attached hydrogens (tertiary/aromatic N) is 1. The van der Waals surface area contributed by atoms with E-state index in [0.29, 0.717) is 29.7 Å². The first-order valence-corrected chi connectivity index (χ1v) is 10.3. The second-order valence-corrected chi connectivity index (χ2v) is 8.77. The lowest BCUT2D eigenvalue weighted by atomic mass is 9.91. The number of carboxylic acid groups (broad SMARTS) is 1. The van der Waals surface area contributed by atoms with Crippen molar-refractivity contribution in [3.63, 3.8) is 0 Å². The van der Waals surface area contributed by atoms with Crippen molar-refractivity contribution in [1.82, 2.24) is 0 Å². The van der Waals surface area contributed by atoms with Crippen molar-refractivity contribution >= 4 is 27.5 Å². The summed E-state index contributed by atoms with van der Waals surface area (Å²) in [6, 6.07) is 11.4. The number of carbonyl (C=O) groups is 2. The highest BCUT2D eigenvalue weighted by molar-refractivity contribution is 7.92. The van der Waals surface area contributed by atoms with E-state index in [1.54, 1.807) is 36.4 Å². The number of aliphatic carboxylic acids is 1. The molecular weight excluding hydrogens is 366 g/mol. The Morgan fingerprint density at radius 2 is 1.89 bits per heavy atom. The van der Waals surface area contributed by atoms with E-state index in [-0.39, 0.29) is 23.6 Å². The zero-order valence-electron chi connectivity index (χ0n) is 14.6. The number of fused-ring (bicyclic) bond motifs is 2. The van der Waals surface area contributed by atoms with E-state index in [4.69, 9.17) is 0 Å². The number of Topliss-reactive ketones (excluding diaryl/α,β-unsaturated/α-hetero) is 1. The van der Waals surface area contributed by atoms with Gasteiger partial charge in [0.15, 0.2) is 5.78 Å². The molecule has 0 bridgehead atoms. The van der Waals surface area contributed by atoms with Gasteiger partial charge in [0.05, 0.1) is 16.5 Å². The average Bonchev–Trinajstić information content (AvgIpc) is 2.66. The van der Waals surface area contributed by atoms with E-state index in [9.17, 15) is 23.1 Å². The Morgan fingerprint density at radius 3 is 2.67 bits per heavy atom. The third-order valence-corrected chi connectivity index (χ3v) is 7.12. The monoisotopic (exact) mass is 385 g/mol. The van der Waals surface area contributed by atoms with Gasteiger partial charge in [-0.2, -0.15) is 0 Å². The van der Waals surface area contributed by atoms with Gasteiger partial charge < -0.3 is 5.11 Å².